The number of sulfone groups is 1. The van der Waals surface area contributed by atoms with E-state index in [1.165, 1.54) is 6.07 Å². The Kier molecular flexibility index (Phi) is 9.04. The summed E-state index contributed by atoms with van der Waals surface area (Å²) in [6.07, 6.45) is 7.99. The van der Waals surface area contributed by atoms with Crippen LogP contribution >= 0.6 is 0 Å². The summed E-state index contributed by atoms with van der Waals surface area (Å²) in [4.78, 5) is 13.5. The summed E-state index contributed by atoms with van der Waals surface area (Å²) < 4.78 is 32.2. The molecule has 10 heteroatoms. The first-order valence-electron chi connectivity index (χ1n) is 12.9. The summed E-state index contributed by atoms with van der Waals surface area (Å²) in [5.41, 5.74) is 0.714. The van der Waals surface area contributed by atoms with E-state index in [0.717, 1.165) is 31.9 Å². The molecule has 1 aromatic heterocycles. The minimum Gasteiger partial charge on any atom is -0.415 e. The second kappa shape index (κ2) is 11.5. The highest BCUT2D eigenvalue weighted by Crippen LogP contribution is 2.37. The van der Waals surface area contributed by atoms with Crippen molar-refractivity contribution in [1.29, 1.82) is 5.26 Å². The second-order valence-corrected chi connectivity index (χ2v) is 18.4. The Balaban J connectivity index is 1.75. The van der Waals surface area contributed by atoms with Gasteiger partial charge in [-0.25, -0.2) is 8.42 Å². The number of aromatic nitrogens is 2. The van der Waals surface area contributed by atoms with Crippen LogP contribution in [0.15, 0.2) is 35.4 Å². The van der Waals surface area contributed by atoms with E-state index in [9.17, 15) is 18.5 Å². The molecule has 37 heavy (non-hydrogen) atoms. The van der Waals surface area contributed by atoms with Gasteiger partial charge in [0.15, 0.2) is 24.0 Å². The van der Waals surface area contributed by atoms with Crippen LogP contribution < -0.4 is 5.32 Å². The van der Waals surface area contributed by atoms with E-state index in [1.54, 1.807) is 22.9 Å². The zero-order chi connectivity index (χ0) is 27.4. The molecule has 1 aliphatic carbocycles. The van der Waals surface area contributed by atoms with Crippen molar-refractivity contribution in [2.45, 2.75) is 88.4 Å². The summed E-state index contributed by atoms with van der Waals surface area (Å²) >= 11 is 0. The fourth-order valence-electron chi connectivity index (χ4n) is 4.53. The maximum atomic E-state index is 13.5. The molecule has 0 bridgehead atoms. The van der Waals surface area contributed by atoms with Crippen LogP contribution in [0, 0.1) is 17.2 Å². The maximum Gasteiger partial charge on any atom is 0.233 e. The lowest BCUT2D eigenvalue weighted by molar-refractivity contribution is -0.118. The van der Waals surface area contributed by atoms with E-state index in [4.69, 9.17) is 4.43 Å². The van der Waals surface area contributed by atoms with Gasteiger partial charge in [0.2, 0.25) is 5.91 Å². The van der Waals surface area contributed by atoms with Gasteiger partial charge in [-0.3, -0.25) is 9.48 Å². The fraction of sp³-hybridized carbons (Fsp3) is 0.593. The monoisotopic (exact) mass is 544 g/mol. The zero-order valence-electron chi connectivity index (χ0n) is 22.9. The van der Waals surface area contributed by atoms with Crippen LogP contribution in [0.2, 0.25) is 18.1 Å². The van der Waals surface area contributed by atoms with Gasteiger partial charge >= 0.3 is 0 Å². The smallest absolute Gasteiger partial charge is 0.233 e. The van der Waals surface area contributed by atoms with Crippen molar-refractivity contribution in [3.05, 3.63) is 41.6 Å². The minimum absolute atomic E-state index is 0.0163. The molecule has 1 amide bonds. The zero-order valence-corrected chi connectivity index (χ0v) is 24.7. The summed E-state index contributed by atoms with van der Waals surface area (Å²) in [5.74, 6) is 0.171. The number of benzene rings is 1. The largest absolute Gasteiger partial charge is 0.415 e. The van der Waals surface area contributed by atoms with Gasteiger partial charge in [0, 0.05) is 18.5 Å². The van der Waals surface area contributed by atoms with Crippen molar-refractivity contribution in [2.75, 3.05) is 18.2 Å². The number of anilines is 1. The Morgan fingerprint density at radius 3 is 2.54 bits per heavy atom. The van der Waals surface area contributed by atoms with E-state index in [2.05, 4.69) is 44.3 Å². The molecule has 202 valence electrons. The average molecular weight is 545 g/mol. The van der Waals surface area contributed by atoms with E-state index >= 15 is 0 Å². The molecule has 0 aliphatic heterocycles. The van der Waals surface area contributed by atoms with E-state index < -0.39 is 24.1 Å². The number of nitrogens with zero attached hydrogens (tertiary/aromatic N) is 3. The van der Waals surface area contributed by atoms with E-state index in [0.29, 0.717) is 36.9 Å². The first-order valence-corrected chi connectivity index (χ1v) is 17.7. The number of nitriles is 1. The quantitative estimate of drug-likeness (QED) is 0.396. The lowest BCUT2D eigenvalue weighted by atomic mass is 9.86. The van der Waals surface area contributed by atoms with Crippen molar-refractivity contribution in [2.24, 2.45) is 5.92 Å². The van der Waals surface area contributed by atoms with Crippen LogP contribution in [-0.2, 0) is 25.6 Å². The molecule has 1 N–H and O–H groups in total. The van der Waals surface area contributed by atoms with Gasteiger partial charge in [-0.1, -0.05) is 52.5 Å². The van der Waals surface area contributed by atoms with Gasteiger partial charge in [-0.05, 0) is 48.2 Å². The van der Waals surface area contributed by atoms with Crippen molar-refractivity contribution < 1.29 is 17.6 Å². The highest BCUT2D eigenvalue weighted by atomic mass is 32.2. The molecule has 0 spiro atoms. The summed E-state index contributed by atoms with van der Waals surface area (Å²) in [5, 5.41) is 17.2. The summed E-state index contributed by atoms with van der Waals surface area (Å²) in [7, 11) is -5.39. The normalized spacial score (nSPS) is 15.9. The molecule has 1 saturated carbocycles. The van der Waals surface area contributed by atoms with Gasteiger partial charge < -0.3 is 9.74 Å². The molecule has 0 saturated heterocycles. The molecular weight excluding hydrogens is 504 g/mol. The van der Waals surface area contributed by atoms with Crippen LogP contribution in [0.4, 0.5) is 5.82 Å². The van der Waals surface area contributed by atoms with Gasteiger partial charge in [-0.2, -0.15) is 10.4 Å². The molecule has 2 aromatic rings. The Morgan fingerprint density at radius 2 is 1.95 bits per heavy atom. The molecule has 1 heterocycles. The molecule has 1 atom stereocenters. The van der Waals surface area contributed by atoms with Crippen LogP contribution in [0.3, 0.4) is 0 Å². The summed E-state index contributed by atoms with van der Waals surface area (Å²) in [6, 6.07) is 8.40. The summed E-state index contributed by atoms with van der Waals surface area (Å²) in [6.45, 7) is 12.2. The SMILES string of the molecule is CC(C)(C)[Si](C)(C)OCCn1ccc(NC(=O)C(CC2CCCC2)c2ccc(S(C)(=O)=O)c(C#N)c2)n1. The number of amides is 1. The highest BCUT2D eigenvalue weighted by molar-refractivity contribution is 7.90. The number of rotatable bonds is 10. The minimum atomic E-state index is -3.55. The topological polar surface area (TPSA) is 114 Å². The third-order valence-corrected chi connectivity index (χ3v) is 13.5. The van der Waals surface area contributed by atoms with Crippen LogP contribution in [0.1, 0.15) is 69.9 Å². The highest BCUT2D eigenvalue weighted by Gasteiger charge is 2.37. The molecule has 1 aliphatic rings. The second-order valence-electron chi connectivity index (χ2n) is 11.6. The number of carbonyl (C=O) groups is 1. The first kappa shape index (κ1) is 29.1. The Morgan fingerprint density at radius 1 is 1.27 bits per heavy atom. The standard InChI is InChI=1S/C27H40N4O4SSi/c1-27(2,3)37(5,6)35-16-15-31-14-13-25(30-31)29-26(32)23(17-20-9-7-8-10-20)21-11-12-24(36(4,33)34)22(18-21)19-28/h11-14,18,20,23H,7-10,15-17H2,1-6H3,(H,29,30,32). The fourth-order valence-corrected chi connectivity index (χ4v) is 6.38. The Labute approximate surface area is 222 Å². The molecule has 1 aromatic carbocycles. The first-order chi connectivity index (χ1) is 17.2. The third kappa shape index (κ3) is 7.52. The van der Waals surface area contributed by atoms with Gasteiger partial charge in [0.1, 0.15) is 6.07 Å². The number of hydrogen-bond acceptors (Lipinski definition) is 6. The number of hydrogen-bond donors (Lipinski definition) is 1. The molecule has 3 rings (SSSR count). The van der Waals surface area contributed by atoms with Crippen molar-refractivity contribution in [3.63, 3.8) is 0 Å². The Hall–Kier alpha value is -2.48. The van der Waals surface area contributed by atoms with Crippen LogP contribution in [0.25, 0.3) is 0 Å². The molecular formula is C27H40N4O4SSi. The average Bonchev–Trinajstić information content (AvgIpc) is 3.47. The van der Waals surface area contributed by atoms with E-state index in [-0.39, 0.29) is 21.4 Å². The van der Waals surface area contributed by atoms with Gasteiger partial charge in [0.25, 0.3) is 0 Å². The van der Waals surface area contributed by atoms with Crippen LogP contribution in [-0.4, -0.2) is 45.3 Å². The molecule has 1 unspecified atom stereocenters. The third-order valence-electron chi connectivity index (χ3n) is 7.77. The van der Waals surface area contributed by atoms with Crippen LogP contribution in [0.5, 0.6) is 0 Å². The van der Waals surface area contributed by atoms with Gasteiger partial charge in [0.05, 0.1) is 29.5 Å². The predicted octanol–water partition coefficient (Wildman–Crippen LogP) is 5.48. The maximum absolute atomic E-state index is 13.5. The Bertz CT molecular complexity index is 1250. The lowest BCUT2D eigenvalue weighted by Gasteiger charge is -2.36. The number of carbonyl (C=O) groups excluding carboxylic acids is 1. The predicted molar refractivity (Wildman–Crippen MR) is 148 cm³/mol. The lowest BCUT2D eigenvalue weighted by Crippen LogP contribution is -2.41. The van der Waals surface area contributed by atoms with Crippen molar-refractivity contribution in [1.82, 2.24) is 9.78 Å². The van der Waals surface area contributed by atoms with Crippen molar-refractivity contribution >= 4 is 29.9 Å². The van der Waals surface area contributed by atoms with E-state index in [1.807, 2.05) is 12.3 Å². The molecule has 0 radical (unpaired) electrons. The number of nitrogens with one attached hydrogen (secondary N) is 1. The van der Waals surface area contributed by atoms with Crippen molar-refractivity contribution in [3.8, 4) is 6.07 Å². The molecule has 1 fully saturated rings. The molecule has 8 nitrogen and oxygen atoms in total. The van der Waals surface area contributed by atoms with Gasteiger partial charge in [-0.15, -0.1) is 0 Å².